The van der Waals surface area contributed by atoms with E-state index in [-0.39, 0.29) is 18.3 Å². The summed E-state index contributed by atoms with van der Waals surface area (Å²) in [6.07, 6.45) is 0.853. The fraction of sp³-hybridized carbons (Fsp3) is 0.500. The third-order valence-corrected chi connectivity index (χ3v) is 2.75. The maximum atomic E-state index is 11.6. The fourth-order valence-corrected chi connectivity index (χ4v) is 1.42. The maximum absolute atomic E-state index is 11.6. The Morgan fingerprint density at radius 2 is 2.18 bits per heavy atom. The summed E-state index contributed by atoms with van der Waals surface area (Å²) in [5.74, 6) is 0.929. The first-order chi connectivity index (χ1) is 8.17. The number of methoxy groups -OCH3 is 1. The first-order valence-corrected chi connectivity index (χ1v) is 5.90. The van der Waals surface area contributed by atoms with Gasteiger partial charge in [0.15, 0.2) is 5.78 Å². The van der Waals surface area contributed by atoms with Gasteiger partial charge >= 0.3 is 0 Å². The van der Waals surface area contributed by atoms with E-state index in [1.807, 2.05) is 38.1 Å². The van der Waals surface area contributed by atoms with E-state index in [1.165, 1.54) is 0 Å². The summed E-state index contributed by atoms with van der Waals surface area (Å²) in [6, 6.07) is 7.61. The molecule has 0 aliphatic heterocycles. The molecular formula is C14H20O3. The summed E-state index contributed by atoms with van der Waals surface area (Å²) in [7, 11) is 1.65. The van der Waals surface area contributed by atoms with Crippen molar-refractivity contribution in [3.05, 3.63) is 29.8 Å². The Balaban J connectivity index is 2.51. The molecule has 1 aromatic rings. The van der Waals surface area contributed by atoms with Crippen LogP contribution in [0.4, 0.5) is 0 Å². The molecule has 0 fully saturated rings. The highest BCUT2D eigenvalue weighted by molar-refractivity contribution is 5.82. The average Bonchev–Trinajstić information content (AvgIpc) is 2.36. The van der Waals surface area contributed by atoms with Crippen molar-refractivity contribution in [1.82, 2.24) is 0 Å². The predicted octanol–water partition coefficient (Wildman–Crippen LogP) is 2.83. The van der Waals surface area contributed by atoms with Crippen molar-refractivity contribution < 1.29 is 14.3 Å². The summed E-state index contributed by atoms with van der Waals surface area (Å²) < 4.78 is 10.5. The van der Waals surface area contributed by atoms with Crippen LogP contribution in [0.25, 0.3) is 0 Å². The van der Waals surface area contributed by atoms with Crippen LogP contribution < -0.4 is 4.74 Å². The van der Waals surface area contributed by atoms with Crippen molar-refractivity contribution in [2.24, 2.45) is 5.92 Å². The fourth-order valence-electron chi connectivity index (χ4n) is 1.42. The molecule has 1 aromatic carbocycles. The zero-order chi connectivity index (χ0) is 12.7. The lowest BCUT2D eigenvalue weighted by atomic mass is 10.0. The van der Waals surface area contributed by atoms with Gasteiger partial charge < -0.3 is 9.47 Å². The molecule has 94 valence electrons. The number of ketones is 1. The zero-order valence-electron chi connectivity index (χ0n) is 10.7. The van der Waals surface area contributed by atoms with Crippen LogP contribution in [-0.2, 0) is 16.1 Å². The number of ether oxygens (including phenoxy) is 2. The van der Waals surface area contributed by atoms with Crippen LogP contribution in [0.3, 0.4) is 0 Å². The van der Waals surface area contributed by atoms with Crippen LogP contribution in [0.5, 0.6) is 5.75 Å². The molecule has 1 atom stereocenters. The van der Waals surface area contributed by atoms with Crippen LogP contribution in [0.2, 0.25) is 0 Å². The van der Waals surface area contributed by atoms with Crippen molar-refractivity contribution >= 4 is 5.78 Å². The van der Waals surface area contributed by atoms with E-state index in [9.17, 15) is 4.79 Å². The van der Waals surface area contributed by atoms with Gasteiger partial charge in [-0.2, -0.15) is 0 Å². The van der Waals surface area contributed by atoms with Crippen LogP contribution in [0.1, 0.15) is 25.8 Å². The second-order valence-corrected chi connectivity index (χ2v) is 4.14. The van der Waals surface area contributed by atoms with E-state index in [0.717, 1.165) is 17.7 Å². The smallest absolute Gasteiger partial charge is 0.172 e. The van der Waals surface area contributed by atoms with Gasteiger partial charge in [0, 0.05) is 13.0 Å². The molecule has 1 rings (SSSR count). The molecule has 17 heavy (non-hydrogen) atoms. The summed E-state index contributed by atoms with van der Waals surface area (Å²) >= 11 is 0. The summed E-state index contributed by atoms with van der Waals surface area (Å²) in [5, 5.41) is 0. The van der Waals surface area contributed by atoms with E-state index >= 15 is 0 Å². The van der Waals surface area contributed by atoms with Crippen molar-refractivity contribution in [1.29, 1.82) is 0 Å². The monoisotopic (exact) mass is 236 g/mol. The SMILES string of the molecule is CCC(C)C(=O)COc1cccc(COC)c1. The number of carbonyl (C=O) groups excluding carboxylic acids is 1. The van der Waals surface area contributed by atoms with Gasteiger partial charge in [-0.15, -0.1) is 0 Å². The second kappa shape index (κ2) is 7.07. The van der Waals surface area contributed by atoms with Crippen LogP contribution in [-0.4, -0.2) is 19.5 Å². The summed E-state index contributed by atoms with van der Waals surface area (Å²) in [4.78, 5) is 11.6. The third-order valence-electron chi connectivity index (χ3n) is 2.75. The molecule has 1 unspecified atom stereocenters. The first kappa shape index (κ1) is 13.7. The van der Waals surface area contributed by atoms with E-state index in [1.54, 1.807) is 7.11 Å². The van der Waals surface area contributed by atoms with Crippen LogP contribution >= 0.6 is 0 Å². The lowest BCUT2D eigenvalue weighted by molar-refractivity contribution is -0.124. The summed E-state index contributed by atoms with van der Waals surface area (Å²) in [5.41, 5.74) is 1.04. The third kappa shape index (κ3) is 4.57. The molecule has 0 aliphatic rings. The molecule has 0 amide bonds. The lowest BCUT2D eigenvalue weighted by Crippen LogP contribution is -2.18. The normalized spacial score (nSPS) is 12.2. The molecular weight excluding hydrogens is 216 g/mol. The lowest BCUT2D eigenvalue weighted by Gasteiger charge is -2.10. The molecule has 0 aromatic heterocycles. The molecule has 0 heterocycles. The second-order valence-electron chi connectivity index (χ2n) is 4.14. The Morgan fingerprint density at radius 1 is 1.41 bits per heavy atom. The van der Waals surface area contributed by atoms with Gasteiger partial charge in [0.05, 0.1) is 6.61 Å². The van der Waals surface area contributed by atoms with E-state index in [0.29, 0.717) is 6.61 Å². The molecule has 0 aliphatic carbocycles. The van der Waals surface area contributed by atoms with E-state index in [4.69, 9.17) is 9.47 Å². The quantitative estimate of drug-likeness (QED) is 0.730. The van der Waals surface area contributed by atoms with Crippen molar-refractivity contribution in [2.75, 3.05) is 13.7 Å². The Morgan fingerprint density at radius 3 is 2.82 bits per heavy atom. The Bertz CT molecular complexity index is 360. The Labute approximate surface area is 103 Å². The minimum absolute atomic E-state index is 0.0668. The highest BCUT2D eigenvalue weighted by Gasteiger charge is 2.11. The van der Waals surface area contributed by atoms with Gasteiger partial charge in [-0.1, -0.05) is 26.0 Å². The number of benzene rings is 1. The highest BCUT2D eigenvalue weighted by Crippen LogP contribution is 2.14. The van der Waals surface area contributed by atoms with Gasteiger partial charge in [-0.25, -0.2) is 0 Å². The van der Waals surface area contributed by atoms with Gasteiger partial charge in [-0.05, 0) is 24.1 Å². The van der Waals surface area contributed by atoms with Crippen LogP contribution in [0.15, 0.2) is 24.3 Å². The zero-order valence-corrected chi connectivity index (χ0v) is 10.7. The van der Waals surface area contributed by atoms with Crippen molar-refractivity contribution in [3.63, 3.8) is 0 Å². The van der Waals surface area contributed by atoms with Crippen LogP contribution in [0, 0.1) is 5.92 Å². The van der Waals surface area contributed by atoms with Gasteiger partial charge in [0.2, 0.25) is 0 Å². The molecule has 0 spiro atoms. The molecule has 0 radical (unpaired) electrons. The number of carbonyl (C=O) groups is 1. The number of hydrogen-bond donors (Lipinski definition) is 0. The van der Waals surface area contributed by atoms with E-state index < -0.39 is 0 Å². The van der Waals surface area contributed by atoms with Crippen molar-refractivity contribution in [2.45, 2.75) is 26.9 Å². The van der Waals surface area contributed by atoms with Gasteiger partial charge in [0.1, 0.15) is 12.4 Å². The molecule has 3 nitrogen and oxygen atoms in total. The molecule has 0 saturated heterocycles. The Kier molecular flexibility index (Phi) is 5.70. The molecule has 0 saturated carbocycles. The summed E-state index contributed by atoms with van der Waals surface area (Å²) in [6.45, 7) is 4.62. The highest BCUT2D eigenvalue weighted by atomic mass is 16.5. The molecule has 3 heteroatoms. The number of hydrogen-bond acceptors (Lipinski definition) is 3. The topological polar surface area (TPSA) is 35.5 Å². The number of Topliss-reactive ketones (excluding diaryl/α,β-unsaturated/α-hetero) is 1. The number of rotatable bonds is 7. The van der Waals surface area contributed by atoms with E-state index in [2.05, 4.69) is 0 Å². The van der Waals surface area contributed by atoms with Crippen molar-refractivity contribution in [3.8, 4) is 5.75 Å². The molecule has 0 N–H and O–H groups in total. The predicted molar refractivity (Wildman–Crippen MR) is 67.1 cm³/mol. The Hall–Kier alpha value is -1.35. The molecule has 0 bridgehead atoms. The standard InChI is InChI=1S/C14H20O3/c1-4-11(2)14(15)10-17-13-7-5-6-12(8-13)9-16-3/h5-8,11H,4,9-10H2,1-3H3. The first-order valence-electron chi connectivity index (χ1n) is 5.90. The van der Waals surface area contributed by atoms with Gasteiger partial charge in [-0.3, -0.25) is 4.79 Å². The average molecular weight is 236 g/mol. The minimum Gasteiger partial charge on any atom is -0.486 e. The minimum atomic E-state index is 0.0668. The maximum Gasteiger partial charge on any atom is 0.172 e. The largest absolute Gasteiger partial charge is 0.486 e. The van der Waals surface area contributed by atoms with Gasteiger partial charge in [0.25, 0.3) is 0 Å².